The van der Waals surface area contributed by atoms with Gasteiger partial charge >= 0.3 is 0 Å². The minimum Gasteiger partial charge on any atom is -0.457 e. The van der Waals surface area contributed by atoms with Crippen molar-refractivity contribution >= 4 is 75.1 Å². The third kappa shape index (κ3) is 4.39. The van der Waals surface area contributed by atoms with Gasteiger partial charge in [0.25, 0.3) is 5.91 Å². The number of halogens is 3. The summed E-state index contributed by atoms with van der Waals surface area (Å²) < 4.78 is 6.37. The van der Waals surface area contributed by atoms with Gasteiger partial charge in [0.1, 0.15) is 15.8 Å². The molecule has 4 rings (SSSR count). The summed E-state index contributed by atoms with van der Waals surface area (Å²) in [5.41, 5.74) is 1.64. The summed E-state index contributed by atoms with van der Waals surface area (Å²) in [6.45, 7) is 0.436. The summed E-state index contributed by atoms with van der Waals surface area (Å²) in [6, 6.07) is 16.5. The molecule has 3 nitrogen and oxygen atoms in total. The van der Waals surface area contributed by atoms with Crippen molar-refractivity contribution in [3.8, 4) is 11.3 Å². The number of thioether (sulfide) groups is 1. The van der Waals surface area contributed by atoms with E-state index < -0.39 is 0 Å². The van der Waals surface area contributed by atoms with Crippen LogP contribution in [0, 0.1) is 0 Å². The molecule has 1 amide bonds. The number of carbonyl (C=O) groups is 1. The lowest BCUT2D eigenvalue weighted by atomic mass is 10.2. The predicted molar refractivity (Wildman–Crippen MR) is 124 cm³/mol. The minimum atomic E-state index is -0.144. The predicted octanol–water partition coefficient (Wildman–Crippen LogP) is 7.31. The third-order valence-electron chi connectivity index (χ3n) is 4.23. The zero-order chi connectivity index (χ0) is 20.5. The number of hydrogen-bond donors (Lipinski definition) is 0. The Kier molecular flexibility index (Phi) is 6.04. The van der Waals surface area contributed by atoms with Crippen molar-refractivity contribution < 1.29 is 9.21 Å². The zero-order valence-corrected chi connectivity index (χ0v) is 18.6. The fraction of sp³-hybridized carbons (Fsp3) is 0.0476. The summed E-state index contributed by atoms with van der Waals surface area (Å²) in [5, 5.41) is 1.18. The Hall–Kier alpha value is -1.76. The largest absolute Gasteiger partial charge is 0.457 e. The lowest BCUT2D eigenvalue weighted by Gasteiger charge is -2.14. The Morgan fingerprint density at radius 3 is 2.48 bits per heavy atom. The van der Waals surface area contributed by atoms with Crippen LogP contribution in [0.3, 0.4) is 0 Å². The van der Waals surface area contributed by atoms with Gasteiger partial charge in [-0.1, -0.05) is 89.1 Å². The number of nitrogens with zero attached hydrogens (tertiary/aromatic N) is 1. The first-order valence-electron chi connectivity index (χ1n) is 8.46. The van der Waals surface area contributed by atoms with E-state index in [1.54, 1.807) is 35.2 Å². The van der Waals surface area contributed by atoms with Crippen molar-refractivity contribution in [3.05, 3.63) is 85.9 Å². The third-order valence-corrected chi connectivity index (χ3v) is 6.65. The maximum atomic E-state index is 12.8. The summed E-state index contributed by atoms with van der Waals surface area (Å²) in [4.78, 5) is 14.9. The maximum absolute atomic E-state index is 12.8. The van der Waals surface area contributed by atoms with E-state index in [2.05, 4.69) is 0 Å². The van der Waals surface area contributed by atoms with Crippen LogP contribution in [0.15, 0.2) is 63.9 Å². The molecule has 0 saturated carbocycles. The summed E-state index contributed by atoms with van der Waals surface area (Å²) in [6.07, 6.45) is 1.68. The van der Waals surface area contributed by atoms with Crippen LogP contribution in [-0.4, -0.2) is 15.1 Å². The molecule has 1 saturated heterocycles. The second kappa shape index (κ2) is 8.54. The Bertz CT molecular complexity index is 1140. The van der Waals surface area contributed by atoms with E-state index in [1.165, 1.54) is 11.8 Å². The van der Waals surface area contributed by atoms with Crippen LogP contribution in [0.25, 0.3) is 17.4 Å². The fourth-order valence-electron chi connectivity index (χ4n) is 2.82. The first kappa shape index (κ1) is 20.5. The van der Waals surface area contributed by atoms with Gasteiger partial charge in [-0.2, -0.15) is 0 Å². The molecule has 0 N–H and O–H groups in total. The van der Waals surface area contributed by atoms with E-state index in [4.69, 9.17) is 51.4 Å². The van der Waals surface area contributed by atoms with E-state index in [0.717, 1.165) is 5.56 Å². The van der Waals surface area contributed by atoms with Gasteiger partial charge in [0, 0.05) is 11.6 Å². The Morgan fingerprint density at radius 1 is 1.00 bits per heavy atom. The Balaban J connectivity index is 1.57. The number of hydrogen-bond acceptors (Lipinski definition) is 4. The molecule has 8 heteroatoms. The fourth-order valence-corrected chi connectivity index (χ4v) is 4.69. The number of thiocarbonyl (C=S) groups is 1. The summed E-state index contributed by atoms with van der Waals surface area (Å²) in [7, 11) is 0. The van der Waals surface area contributed by atoms with E-state index in [9.17, 15) is 4.79 Å². The van der Waals surface area contributed by atoms with Crippen molar-refractivity contribution in [2.75, 3.05) is 0 Å². The average Bonchev–Trinajstić information content (AvgIpc) is 3.26. The highest BCUT2D eigenvalue weighted by Gasteiger charge is 2.32. The smallest absolute Gasteiger partial charge is 0.266 e. The molecule has 146 valence electrons. The van der Waals surface area contributed by atoms with E-state index >= 15 is 0 Å². The number of amides is 1. The molecule has 1 aliphatic rings. The van der Waals surface area contributed by atoms with Crippen LogP contribution in [-0.2, 0) is 11.3 Å². The lowest BCUT2D eigenvalue weighted by Crippen LogP contribution is -2.27. The van der Waals surface area contributed by atoms with Gasteiger partial charge in [-0.25, -0.2) is 0 Å². The molecule has 0 atom stereocenters. The minimum absolute atomic E-state index is 0.144. The van der Waals surface area contributed by atoms with Crippen LogP contribution < -0.4 is 0 Å². The first-order chi connectivity index (χ1) is 13.9. The zero-order valence-electron chi connectivity index (χ0n) is 14.7. The molecule has 0 radical (unpaired) electrons. The van der Waals surface area contributed by atoms with Gasteiger partial charge < -0.3 is 4.42 Å². The van der Waals surface area contributed by atoms with Gasteiger partial charge in [-0.05, 0) is 29.8 Å². The van der Waals surface area contributed by atoms with Gasteiger partial charge in [0.15, 0.2) is 0 Å². The molecule has 0 spiro atoms. The Labute approximate surface area is 192 Å². The van der Waals surface area contributed by atoms with Crippen molar-refractivity contribution in [2.24, 2.45) is 0 Å². The molecule has 0 bridgehead atoms. The standard InChI is InChI=1S/C21H12Cl3NO2S2/c22-15-10-17(24)16(23)9-14(15)18-7-6-13(27-18)8-19-20(26)25(21(28)29-19)11-12-4-2-1-3-5-12/h1-10H,11H2. The van der Waals surface area contributed by atoms with Crippen LogP contribution in [0.5, 0.6) is 0 Å². The second-order valence-electron chi connectivity index (χ2n) is 6.20. The molecule has 0 aliphatic carbocycles. The van der Waals surface area contributed by atoms with Gasteiger partial charge in [-0.3, -0.25) is 9.69 Å². The highest BCUT2D eigenvalue weighted by atomic mass is 35.5. The van der Waals surface area contributed by atoms with E-state index in [0.29, 0.717) is 47.9 Å². The van der Waals surface area contributed by atoms with Crippen LogP contribution in [0.2, 0.25) is 15.1 Å². The van der Waals surface area contributed by atoms with Crippen molar-refractivity contribution in [3.63, 3.8) is 0 Å². The number of rotatable bonds is 4. The molecule has 0 unspecified atom stereocenters. The molecule has 1 aliphatic heterocycles. The normalized spacial score (nSPS) is 15.6. The molecule has 2 aromatic carbocycles. The molecule has 1 fully saturated rings. The highest BCUT2D eigenvalue weighted by molar-refractivity contribution is 8.26. The van der Waals surface area contributed by atoms with Gasteiger partial charge in [0.05, 0.1) is 26.5 Å². The number of carbonyl (C=O) groups excluding carboxylic acids is 1. The maximum Gasteiger partial charge on any atom is 0.266 e. The SMILES string of the molecule is O=C1C(=Cc2ccc(-c3cc(Cl)c(Cl)cc3Cl)o2)SC(=S)N1Cc1ccccc1. The van der Waals surface area contributed by atoms with Crippen molar-refractivity contribution in [2.45, 2.75) is 6.54 Å². The van der Waals surface area contributed by atoms with Crippen LogP contribution in [0.4, 0.5) is 0 Å². The monoisotopic (exact) mass is 479 g/mol. The summed E-state index contributed by atoms with van der Waals surface area (Å²) in [5.74, 6) is 0.899. The summed E-state index contributed by atoms with van der Waals surface area (Å²) >= 11 is 25.0. The van der Waals surface area contributed by atoms with Crippen LogP contribution in [0.1, 0.15) is 11.3 Å². The van der Waals surface area contributed by atoms with E-state index in [-0.39, 0.29) is 5.91 Å². The first-order valence-corrected chi connectivity index (χ1v) is 10.8. The highest BCUT2D eigenvalue weighted by Crippen LogP contribution is 2.38. The molecule has 3 aromatic rings. The quantitative estimate of drug-likeness (QED) is 0.223. The van der Waals surface area contributed by atoms with E-state index in [1.807, 2.05) is 30.3 Å². The molecule has 1 aromatic heterocycles. The number of benzene rings is 2. The Morgan fingerprint density at radius 2 is 1.72 bits per heavy atom. The molecular formula is C21H12Cl3NO2S2. The molecular weight excluding hydrogens is 469 g/mol. The number of furan rings is 1. The topological polar surface area (TPSA) is 33.5 Å². The molecule has 29 heavy (non-hydrogen) atoms. The van der Waals surface area contributed by atoms with Crippen molar-refractivity contribution in [1.29, 1.82) is 0 Å². The lowest BCUT2D eigenvalue weighted by molar-refractivity contribution is -0.122. The van der Waals surface area contributed by atoms with Gasteiger partial charge in [-0.15, -0.1) is 0 Å². The van der Waals surface area contributed by atoms with Crippen LogP contribution >= 0.6 is 58.8 Å². The van der Waals surface area contributed by atoms with Crippen molar-refractivity contribution in [1.82, 2.24) is 4.90 Å². The molecule has 2 heterocycles. The average molecular weight is 481 g/mol. The van der Waals surface area contributed by atoms with Gasteiger partial charge in [0.2, 0.25) is 0 Å². The second-order valence-corrected chi connectivity index (χ2v) is 9.10.